The molecule has 0 aromatic heterocycles. The highest BCUT2D eigenvalue weighted by Crippen LogP contribution is 2.24. The predicted molar refractivity (Wildman–Crippen MR) is 92.4 cm³/mol. The van der Waals surface area contributed by atoms with Gasteiger partial charge in [-0.15, -0.1) is 24.0 Å². The van der Waals surface area contributed by atoms with Crippen LogP contribution in [0.15, 0.2) is 23.2 Å². The fourth-order valence-electron chi connectivity index (χ4n) is 1.62. The molecular weight excluding hydrogens is 472 g/mol. The highest BCUT2D eigenvalue weighted by atomic mass is 127. The molecule has 0 spiro atoms. The van der Waals surface area contributed by atoms with Gasteiger partial charge in [0.25, 0.3) is 0 Å². The van der Waals surface area contributed by atoms with E-state index in [9.17, 15) is 22.0 Å². The molecule has 0 aliphatic heterocycles. The van der Waals surface area contributed by atoms with E-state index in [-0.39, 0.29) is 48.8 Å². The average Bonchev–Trinajstić information content (AvgIpc) is 2.43. The molecule has 0 aliphatic carbocycles. The van der Waals surface area contributed by atoms with Crippen molar-refractivity contribution < 1.29 is 26.7 Å². The number of ether oxygens (including phenoxy) is 1. The van der Waals surface area contributed by atoms with Gasteiger partial charge in [-0.1, -0.05) is 11.6 Å². The Balaban J connectivity index is 0.00000529. The van der Waals surface area contributed by atoms with Crippen LogP contribution in [0.25, 0.3) is 0 Å². The van der Waals surface area contributed by atoms with E-state index in [1.54, 1.807) is 0 Å². The van der Waals surface area contributed by atoms with Crippen LogP contribution in [0.5, 0.6) is 5.75 Å². The third-order valence-corrected chi connectivity index (χ3v) is 2.84. The van der Waals surface area contributed by atoms with Crippen LogP contribution in [0.2, 0.25) is 5.02 Å². The highest BCUT2D eigenvalue weighted by molar-refractivity contribution is 14.0. The molecule has 24 heavy (non-hydrogen) atoms. The molecule has 0 atom stereocenters. The molecule has 0 saturated heterocycles. The van der Waals surface area contributed by atoms with Gasteiger partial charge in [0.1, 0.15) is 5.75 Å². The second kappa shape index (κ2) is 10.7. The highest BCUT2D eigenvalue weighted by Gasteiger charge is 2.26. The van der Waals surface area contributed by atoms with Crippen molar-refractivity contribution in [3.05, 3.63) is 28.8 Å². The Bertz CT molecular complexity index is 543. The van der Waals surface area contributed by atoms with E-state index in [1.807, 2.05) is 0 Å². The van der Waals surface area contributed by atoms with Crippen LogP contribution in [0.3, 0.4) is 0 Å². The maximum Gasteiger partial charge on any atom is 0.390 e. The minimum Gasteiger partial charge on any atom is -0.434 e. The summed E-state index contributed by atoms with van der Waals surface area (Å²) in [5, 5.41) is 5.48. The Morgan fingerprint density at radius 3 is 2.50 bits per heavy atom. The first-order valence-electron chi connectivity index (χ1n) is 6.46. The molecule has 0 amide bonds. The lowest BCUT2D eigenvalue weighted by Gasteiger charge is -2.15. The van der Waals surface area contributed by atoms with E-state index in [2.05, 4.69) is 20.4 Å². The lowest BCUT2D eigenvalue weighted by molar-refractivity contribution is -0.132. The summed E-state index contributed by atoms with van der Waals surface area (Å²) in [6, 6.07) is 4.08. The second-order valence-corrected chi connectivity index (χ2v) is 4.78. The molecule has 0 fully saturated rings. The fraction of sp³-hybridized carbons (Fsp3) is 0.462. The van der Waals surface area contributed by atoms with E-state index >= 15 is 0 Å². The number of benzene rings is 1. The summed E-state index contributed by atoms with van der Waals surface area (Å²) < 4.78 is 65.2. The Hall–Kier alpha value is -1.04. The zero-order chi connectivity index (χ0) is 17.5. The van der Waals surface area contributed by atoms with Crippen molar-refractivity contribution in [1.29, 1.82) is 0 Å². The standard InChI is InChI=1S/C13H15ClF5N3O.HI/c1-20-12(21-5-4-13(17,18)19)22-7-8-6-9(14)2-3-10(8)23-11(15)16;/h2-3,6,11H,4-5,7H2,1H3,(H2,20,21,22);1H. The summed E-state index contributed by atoms with van der Waals surface area (Å²) in [6.45, 7) is -3.37. The summed E-state index contributed by atoms with van der Waals surface area (Å²) in [4.78, 5) is 3.74. The molecule has 1 aromatic rings. The molecule has 0 bridgehead atoms. The summed E-state index contributed by atoms with van der Waals surface area (Å²) in [5.41, 5.74) is 0.316. The Kier molecular flexibility index (Phi) is 10.3. The minimum absolute atomic E-state index is 0. The van der Waals surface area contributed by atoms with Gasteiger partial charge in [-0.2, -0.15) is 22.0 Å². The van der Waals surface area contributed by atoms with Gasteiger partial charge in [0.2, 0.25) is 0 Å². The Morgan fingerprint density at radius 2 is 1.96 bits per heavy atom. The Labute approximate surface area is 157 Å². The third kappa shape index (κ3) is 9.30. The number of nitrogens with zero attached hydrogens (tertiary/aromatic N) is 1. The first-order chi connectivity index (χ1) is 10.7. The number of aliphatic imine (C=N–C) groups is 1. The zero-order valence-electron chi connectivity index (χ0n) is 12.5. The number of alkyl halides is 5. The minimum atomic E-state index is -4.28. The predicted octanol–water partition coefficient (Wildman–Crippen LogP) is 4.18. The van der Waals surface area contributed by atoms with Crippen molar-refractivity contribution in [3.63, 3.8) is 0 Å². The first-order valence-corrected chi connectivity index (χ1v) is 6.83. The van der Waals surface area contributed by atoms with Crippen LogP contribution in [0.1, 0.15) is 12.0 Å². The molecule has 0 heterocycles. The topological polar surface area (TPSA) is 45.7 Å². The van der Waals surface area contributed by atoms with Gasteiger partial charge in [-0.05, 0) is 18.2 Å². The normalized spacial score (nSPS) is 11.9. The molecule has 0 saturated carbocycles. The summed E-state index contributed by atoms with van der Waals surface area (Å²) in [6.07, 6.45) is -5.30. The first kappa shape index (κ1) is 23.0. The fourth-order valence-corrected chi connectivity index (χ4v) is 1.81. The van der Waals surface area contributed by atoms with Gasteiger partial charge in [0.05, 0.1) is 6.42 Å². The summed E-state index contributed by atoms with van der Waals surface area (Å²) >= 11 is 5.79. The van der Waals surface area contributed by atoms with Crippen molar-refractivity contribution in [2.75, 3.05) is 13.6 Å². The molecule has 1 aromatic carbocycles. The van der Waals surface area contributed by atoms with Crippen molar-refractivity contribution in [2.24, 2.45) is 4.99 Å². The van der Waals surface area contributed by atoms with Crippen molar-refractivity contribution >= 4 is 41.5 Å². The van der Waals surface area contributed by atoms with Gasteiger partial charge in [0, 0.05) is 30.7 Å². The number of guanidine groups is 1. The van der Waals surface area contributed by atoms with Crippen LogP contribution in [-0.4, -0.2) is 32.3 Å². The molecule has 1 rings (SSSR count). The SMILES string of the molecule is CN=C(NCCC(F)(F)F)NCc1cc(Cl)ccc1OC(F)F.I. The van der Waals surface area contributed by atoms with E-state index < -0.39 is 19.2 Å². The molecule has 11 heteroatoms. The quantitative estimate of drug-likeness (QED) is 0.274. The van der Waals surface area contributed by atoms with E-state index in [0.717, 1.165) is 0 Å². The Morgan fingerprint density at radius 1 is 1.29 bits per heavy atom. The van der Waals surface area contributed by atoms with Crippen LogP contribution < -0.4 is 15.4 Å². The van der Waals surface area contributed by atoms with Gasteiger partial charge in [0.15, 0.2) is 5.96 Å². The number of halogens is 7. The van der Waals surface area contributed by atoms with Gasteiger partial charge in [-0.25, -0.2) is 0 Å². The van der Waals surface area contributed by atoms with Crippen molar-refractivity contribution in [1.82, 2.24) is 10.6 Å². The smallest absolute Gasteiger partial charge is 0.390 e. The lowest BCUT2D eigenvalue weighted by atomic mass is 10.2. The molecule has 0 radical (unpaired) electrons. The molecule has 0 unspecified atom stereocenters. The van der Waals surface area contributed by atoms with E-state index in [1.165, 1.54) is 25.2 Å². The number of hydrogen-bond acceptors (Lipinski definition) is 2. The number of hydrogen-bond donors (Lipinski definition) is 2. The van der Waals surface area contributed by atoms with Crippen LogP contribution in [0.4, 0.5) is 22.0 Å². The molecule has 0 aliphatic rings. The maximum absolute atomic E-state index is 12.3. The number of rotatable bonds is 6. The van der Waals surface area contributed by atoms with E-state index in [0.29, 0.717) is 10.6 Å². The molecule has 2 N–H and O–H groups in total. The van der Waals surface area contributed by atoms with Crippen molar-refractivity contribution in [3.8, 4) is 5.75 Å². The van der Waals surface area contributed by atoms with E-state index in [4.69, 9.17) is 11.6 Å². The number of nitrogens with one attached hydrogen (secondary N) is 2. The largest absolute Gasteiger partial charge is 0.434 e. The monoisotopic (exact) mass is 487 g/mol. The zero-order valence-corrected chi connectivity index (χ0v) is 15.5. The maximum atomic E-state index is 12.3. The average molecular weight is 488 g/mol. The van der Waals surface area contributed by atoms with Crippen LogP contribution >= 0.6 is 35.6 Å². The molecular formula is C13H16ClF5IN3O. The van der Waals surface area contributed by atoms with Crippen LogP contribution in [0, 0.1) is 0 Å². The van der Waals surface area contributed by atoms with Crippen molar-refractivity contribution in [2.45, 2.75) is 25.8 Å². The summed E-state index contributed by atoms with van der Waals surface area (Å²) in [7, 11) is 1.37. The third-order valence-electron chi connectivity index (χ3n) is 2.61. The van der Waals surface area contributed by atoms with Gasteiger partial charge < -0.3 is 15.4 Å². The molecule has 138 valence electrons. The lowest BCUT2D eigenvalue weighted by Crippen LogP contribution is -2.38. The summed E-state index contributed by atoms with van der Waals surface area (Å²) in [5.74, 6) is 0.0138. The van der Waals surface area contributed by atoms with Crippen LogP contribution in [-0.2, 0) is 6.54 Å². The van der Waals surface area contributed by atoms with Gasteiger partial charge in [-0.3, -0.25) is 4.99 Å². The second-order valence-electron chi connectivity index (χ2n) is 4.35. The molecule has 4 nitrogen and oxygen atoms in total. The van der Waals surface area contributed by atoms with Gasteiger partial charge >= 0.3 is 12.8 Å².